The molecule has 2 aliphatic rings. The van der Waals surface area contributed by atoms with E-state index in [0.29, 0.717) is 12.3 Å². The summed E-state index contributed by atoms with van der Waals surface area (Å²) in [6, 6.07) is 9.56. The van der Waals surface area contributed by atoms with E-state index >= 15 is 0 Å². The molecule has 4 rings (SSSR count). The minimum absolute atomic E-state index is 0.0806. The number of carbonyl (C=O) groups is 1. The second-order valence-corrected chi connectivity index (χ2v) is 8.27. The molecule has 0 saturated carbocycles. The van der Waals surface area contributed by atoms with Crippen LogP contribution in [0.1, 0.15) is 25.0 Å². The van der Waals surface area contributed by atoms with Crippen LogP contribution in [0.2, 0.25) is 0 Å². The number of hydrogen-bond acceptors (Lipinski definition) is 7. The summed E-state index contributed by atoms with van der Waals surface area (Å²) in [6.45, 7) is 5.52. The first-order valence-electron chi connectivity index (χ1n) is 11.3. The highest BCUT2D eigenvalue weighted by molar-refractivity contribution is 5.77. The number of piperidine rings is 1. The van der Waals surface area contributed by atoms with E-state index < -0.39 is 0 Å². The number of anilines is 1. The number of carbonyl (C=O) groups excluding carboxylic acids is 1. The fraction of sp³-hybridized carbons (Fsp3) is 0.500. The first kappa shape index (κ1) is 22.2. The van der Waals surface area contributed by atoms with Crippen molar-refractivity contribution < 1.29 is 18.7 Å². The summed E-state index contributed by atoms with van der Waals surface area (Å²) >= 11 is 0. The van der Waals surface area contributed by atoms with Gasteiger partial charge in [-0.1, -0.05) is 0 Å². The highest BCUT2D eigenvalue weighted by Gasteiger charge is 2.20. The second kappa shape index (κ2) is 10.5. The van der Waals surface area contributed by atoms with Gasteiger partial charge in [0.1, 0.15) is 17.8 Å². The Morgan fingerprint density at radius 2 is 1.72 bits per heavy atom. The lowest BCUT2D eigenvalue weighted by Gasteiger charge is -2.35. The minimum atomic E-state index is -0.255. The Balaban J connectivity index is 1.25. The Bertz CT molecular complexity index is 945. The van der Waals surface area contributed by atoms with E-state index in [1.807, 2.05) is 12.1 Å². The van der Waals surface area contributed by atoms with Crippen LogP contribution in [-0.2, 0) is 11.3 Å². The van der Waals surface area contributed by atoms with Crippen molar-refractivity contribution in [2.75, 3.05) is 57.9 Å². The number of likely N-dealkylation sites (tertiary alicyclic amines) is 1. The molecule has 1 aromatic carbocycles. The number of methoxy groups -OCH3 is 1. The molecule has 32 heavy (non-hydrogen) atoms. The Morgan fingerprint density at radius 1 is 1.00 bits per heavy atom. The van der Waals surface area contributed by atoms with E-state index in [9.17, 15) is 9.59 Å². The number of ether oxygens (including phenoxy) is 2. The molecule has 2 fully saturated rings. The van der Waals surface area contributed by atoms with Crippen LogP contribution in [0.25, 0.3) is 0 Å². The number of nitrogens with zero attached hydrogens (tertiary/aromatic N) is 3. The molecule has 8 heteroatoms. The predicted octanol–water partition coefficient (Wildman–Crippen LogP) is 2.36. The van der Waals surface area contributed by atoms with Gasteiger partial charge < -0.3 is 23.7 Å². The Labute approximate surface area is 188 Å². The van der Waals surface area contributed by atoms with Crippen molar-refractivity contribution >= 4 is 11.6 Å². The van der Waals surface area contributed by atoms with E-state index in [1.54, 1.807) is 12.0 Å². The summed E-state index contributed by atoms with van der Waals surface area (Å²) in [5.41, 5.74) is 0.923. The lowest BCUT2D eigenvalue weighted by atomic mass is 10.1. The quantitative estimate of drug-likeness (QED) is 0.653. The molecule has 172 valence electrons. The zero-order valence-corrected chi connectivity index (χ0v) is 18.6. The first-order valence-corrected chi connectivity index (χ1v) is 11.3. The van der Waals surface area contributed by atoms with Crippen LogP contribution in [0.15, 0.2) is 45.8 Å². The van der Waals surface area contributed by atoms with Crippen LogP contribution in [0.4, 0.5) is 5.69 Å². The number of piperazine rings is 1. The largest absolute Gasteiger partial charge is 0.497 e. The van der Waals surface area contributed by atoms with Crippen molar-refractivity contribution in [2.45, 2.75) is 25.8 Å². The van der Waals surface area contributed by atoms with Gasteiger partial charge in [0, 0.05) is 51.0 Å². The van der Waals surface area contributed by atoms with Crippen molar-refractivity contribution in [3.63, 3.8) is 0 Å². The normalized spacial score (nSPS) is 17.3. The summed E-state index contributed by atoms with van der Waals surface area (Å²) in [4.78, 5) is 31.0. The van der Waals surface area contributed by atoms with Crippen molar-refractivity contribution in [3.8, 4) is 11.5 Å². The summed E-state index contributed by atoms with van der Waals surface area (Å²) in [6.07, 6.45) is 4.54. The summed E-state index contributed by atoms with van der Waals surface area (Å²) in [5.74, 6) is 1.46. The SMILES string of the molecule is COc1ccc(N2CCN(Cc3cc(=O)c(OCC(=O)N4CCCCC4)co3)CC2)cc1. The van der Waals surface area contributed by atoms with Crippen molar-refractivity contribution in [1.29, 1.82) is 0 Å². The van der Waals surface area contributed by atoms with Gasteiger partial charge in [0.2, 0.25) is 11.2 Å². The van der Waals surface area contributed by atoms with Crippen LogP contribution in [-0.4, -0.2) is 68.7 Å². The van der Waals surface area contributed by atoms with Crippen molar-refractivity contribution in [2.24, 2.45) is 0 Å². The molecule has 1 amide bonds. The predicted molar refractivity (Wildman–Crippen MR) is 121 cm³/mol. The molecule has 2 aliphatic heterocycles. The minimum Gasteiger partial charge on any atom is -0.497 e. The average Bonchev–Trinajstić information content (AvgIpc) is 2.84. The molecule has 0 spiro atoms. The number of rotatable bonds is 7. The fourth-order valence-electron chi connectivity index (χ4n) is 4.18. The number of hydrogen-bond donors (Lipinski definition) is 0. The van der Waals surface area contributed by atoms with Crippen LogP contribution >= 0.6 is 0 Å². The van der Waals surface area contributed by atoms with E-state index in [2.05, 4.69) is 21.9 Å². The van der Waals surface area contributed by atoms with Crippen LogP contribution in [0.5, 0.6) is 11.5 Å². The average molecular weight is 442 g/mol. The third-order valence-electron chi connectivity index (χ3n) is 6.10. The maximum Gasteiger partial charge on any atom is 0.260 e. The van der Waals surface area contributed by atoms with E-state index in [4.69, 9.17) is 13.9 Å². The molecule has 2 aromatic rings. The lowest BCUT2D eigenvalue weighted by molar-refractivity contribution is -0.134. The standard InChI is InChI=1S/C24H31N3O5/c1-30-20-7-5-19(6-8-20)26-13-11-25(12-14-26)16-21-15-22(28)23(17-31-21)32-18-24(29)27-9-3-2-4-10-27/h5-8,15,17H,2-4,9-14,16,18H2,1H3. The molecule has 0 radical (unpaired) electrons. The Kier molecular flexibility index (Phi) is 7.32. The second-order valence-electron chi connectivity index (χ2n) is 8.27. The van der Waals surface area contributed by atoms with Gasteiger partial charge in [-0.3, -0.25) is 14.5 Å². The number of benzene rings is 1. The Hall–Kier alpha value is -3.00. The first-order chi connectivity index (χ1) is 15.6. The monoisotopic (exact) mass is 441 g/mol. The maximum absolute atomic E-state index is 12.4. The van der Waals surface area contributed by atoms with Gasteiger partial charge in [-0.15, -0.1) is 0 Å². The lowest BCUT2D eigenvalue weighted by Crippen LogP contribution is -2.46. The summed E-state index contributed by atoms with van der Waals surface area (Å²) in [5, 5.41) is 0. The molecule has 2 saturated heterocycles. The van der Waals surface area contributed by atoms with E-state index in [0.717, 1.165) is 64.3 Å². The molecular formula is C24H31N3O5. The molecule has 0 aliphatic carbocycles. The smallest absolute Gasteiger partial charge is 0.260 e. The van der Waals surface area contributed by atoms with Crippen LogP contribution in [0, 0.1) is 0 Å². The molecule has 0 unspecified atom stereocenters. The zero-order valence-electron chi connectivity index (χ0n) is 18.6. The fourth-order valence-corrected chi connectivity index (χ4v) is 4.18. The van der Waals surface area contributed by atoms with Crippen LogP contribution < -0.4 is 19.8 Å². The third kappa shape index (κ3) is 5.62. The third-order valence-corrected chi connectivity index (χ3v) is 6.10. The zero-order chi connectivity index (χ0) is 22.3. The van der Waals surface area contributed by atoms with Crippen LogP contribution in [0.3, 0.4) is 0 Å². The van der Waals surface area contributed by atoms with Gasteiger partial charge >= 0.3 is 0 Å². The highest BCUT2D eigenvalue weighted by Crippen LogP contribution is 2.21. The topological polar surface area (TPSA) is 75.5 Å². The van der Waals surface area contributed by atoms with Gasteiger partial charge in [0.25, 0.3) is 5.91 Å². The number of amides is 1. The van der Waals surface area contributed by atoms with Gasteiger partial charge in [-0.05, 0) is 43.5 Å². The highest BCUT2D eigenvalue weighted by atomic mass is 16.5. The van der Waals surface area contributed by atoms with E-state index in [-0.39, 0.29) is 23.7 Å². The molecule has 0 atom stereocenters. The van der Waals surface area contributed by atoms with Gasteiger partial charge in [0.05, 0.1) is 13.7 Å². The maximum atomic E-state index is 12.4. The summed E-state index contributed by atoms with van der Waals surface area (Å²) < 4.78 is 16.3. The van der Waals surface area contributed by atoms with Gasteiger partial charge in [-0.25, -0.2) is 0 Å². The Morgan fingerprint density at radius 3 is 2.38 bits per heavy atom. The molecule has 8 nitrogen and oxygen atoms in total. The van der Waals surface area contributed by atoms with Crippen molar-refractivity contribution in [3.05, 3.63) is 52.6 Å². The van der Waals surface area contributed by atoms with Gasteiger partial charge in [0.15, 0.2) is 6.61 Å². The molecular weight excluding hydrogens is 410 g/mol. The van der Waals surface area contributed by atoms with Gasteiger partial charge in [-0.2, -0.15) is 0 Å². The van der Waals surface area contributed by atoms with Crippen molar-refractivity contribution in [1.82, 2.24) is 9.80 Å². The molecule has 0 bridgehead atoms. The molecule has 3 heterocycles. The van der Waals surface area contributed by atoms with E-state index in [1.165, 1.54) is 18.0 Å². The molecule has 1 aromatic heterocycles. The molecule has 0 N–H and O–H groups in total. The summed E-state index contributed by atoms with van der Waals surface area (Å²) in [7, 11) is 1.67.